The standard InChI is InChI=1S/2C3H5.2C2H5.Sn/c2*1-3-2;2*1-2;/h2*3H,1-2H2;2*1H2,2H3;. The number of hydrogen-bond acceptors (Lipinski definition) is 0. The van der Waals surface area contributed by atoms with Crippen molar-refractivity contribution >= 4 is 18.4 Å². The Labute approximate surface area is 75.3 Å². The molecule has 0 aromatic heterocycles. The summed E-state index contributed by atoms with van der Waals surface area (Å²) in [7, 11) is 0. The average Bonchev–Trinajstić information content (AvgIpc) is 2.04. The van der Waals surface area contributed by atoms with Crippen molar-refractivity contribution in [3.05, 3.63) is 25.3 Å². The van der Waals surface area contributed by atoms with Crippen LogP contribution in [0.5, 0.6) is 0 Å². The van der Waals surface area contributed by atoms with Crippen LogP contribution >= 0.6 is 0 Å². The Morgan fingerprint density at radius 3 is 1.55 bits per heavy atom. The van der Waals surface area contributed by atoms with Gasteiger partial charge in [-0.25, -0.2) is 0 Å². The number of allylic oxidation sites excluding steroid dienone is 2. The molecule has 0 rings (SSSR count). The predicted molar refractivity (Wildman–Crippen MR) is 56.7 cm³/mol. The molecule has 0 aromatic carbocycles. The molecule has 0 fully saturated rings. The van der Waals surface area contributed by atoms with Gasteiger partial charge < -0.3 is 0 Å². The molecule has 1 heteroatoms. The Balaban J connectivity index is 4.17. The molecule has 0 amide bonds. The van der Waals surface area contributed by atoms with E-state index in [0.29, 0.717) is 0 Å². The van der Waals surface area contributed by atoms with Crippen molar-refractivity contribution in [2.75, 3.05) is 0 Å². The fraction of sp³-hybridized carbons (Fsp3) is 0.600. The molecule has 0 unspecified atom stereocenters. The summed E-state index contributed by atoms with van der Waals surface area (Å²) in [5.41, 5.74) is 0. The summed E-state index contributed by atoms with van der Waals surface area (Å²) in [5.74, 6) is 0. The van der Waals surface area contributed by atoms with Crippen LogP contribution in [0.2, 0.25) is 17.7 Å². The molecule has 0 aliphatic heterocycles. The Kier molecular flexibility index (Phi) is 6.02. The zero-order valence-corrected chi connectivity index (χ0v) is 10.8. The molecule has 0 radical (unpaired) electrons. The van der Waals surface area contributed by atoms with Gasteiger partial charge in [-0.15, -0.1) is 0 Å². The van der Waals surface area contributed by atoms with Crippen molar-refractivity contribution in [3.63, 3.8) is 0 Å². The summed E-state index contributed by atoms with van der Waals surface area (Å²) in [6, 6.07) is 0. The molecule has 0 bridgehead atoms. The Bertz CT molecular complexity index is 111. The first-order valence-corrected chi connectivity index (χ1v) is 12.5. The molecule has 0 N–H and O–H groups in total. The minimum atomic E-state index is -1.71. The Hall–Kier alpha value is 0.279. The van der Waals surface area contributed by atoms with Crippen LogP contribution in [0.15, 0.2) is 25.3 Å². The maximum atomic E-state index is 3.84. The third-order valence-corrected chi connectivity index (χ3v) is 17.8. The van der Waals surface area contributed by atoms with Gasteiger partial charge in [0, 0.05) is 0 Å². The second-order valence-corrected chi connectivity index (χ2v) is 18.1. The van der Waals surface area contributed by atoms with Crippen LogP contribution in [0, 0.1) is 0 Å². The fourth-order valence-electron chi connectivity index (χ4n) is 1.52. The molecule has 0 aliphatic rings. The molecule has 0 aromatic rings. The molecule has 11 heavy (non-hydrogen) atoms. The molecule has 64 valence electrons. The second-order valence-electron chi connectivity index (χ2n) is 3.19. The summed E-state index contributed by atoms with van der Waals surface area (Å²) in [5, 5.41) is 0. The Morgan fingerprint density at radius 1 is 1.00 bits per heavy atom. The van der Waals surface area contributed by atoms with Gasteiger partial charge in [0.2, 0.25) is 0 Å². The van der Waals surface area contributed by atoms with E-state index >= 15 is 0 Å². The SMILES string of the molecule is C=C[CH2][Sn]([CH2]C)([CH2]C)[CH2]C=C. The molecular formula is C10H20Sn. The summed E-state index contributed by atoms with van der Waals surface area (Å²) in [4.78, 5) is 0. The van der Waals surface area contributed by atoms with E-state index in [-0.39, 0.29) is 0 Å². The zero-order chi connectivity index (χ0) is 8.74. The molecule has 0 spiro atoms. The van der Waals surface area contributed by atoms with Crippen LogP contribution in [0.4, 0.5) is 0 Å². The van der Waals surface area contributed by atoms with E-state index in [4.69, 9.17) is 0 Å². The van der Waals surface area contributed by atoms with Gasteiger partial charge in [0.1, 0.15) is 0 Å². The topological polar surface area (TPSA) is 0 Å². The van der Waals surface area contributed by atoms with Crippen LogP contribution in [-0.2, 0) is 0 Å². The van der Waals surface area contributed by atoms with Gasteiger partial charge in [-0.2, -0.15) is 0 Å². The molecule has 0 atom stereocenters. The monoisotopic (exact) mass is 260 g/mol. The van der Waals surface area contributed by atoms with Crippen molar-refractivity contribution in [3.8, 4) is 0 Å². The van der Waals surface area contributed by atoms with Crippen molar-refractivity contribution in [2.24, 2.45) is 0 Å². The van der Waals surface area contributed by atoms with Crippen LogP contribution in [0.1, 0.15) is 13.8 Å². The molecule has 0 heterocycles. The van der Waals surface area contributed by atoms with Crippen molar-refractivity contribution in [2.45, 2.75) is 31.6 Å². The van der Waals surface area contributed by atoms with Crippen molar-refractivity contribution in [1.82, 2.24) is 0 Å². The first-order valence-electron chi connectivity index (χ1n) is 4.46. The molecule has 0 saturated carbocycles. The van der Waals surface area contributed by atoms with Gasteiger partial charge in [0.15, 0.2) is 0 Å². The van der Waals surface area contributed by atoms with Crippen molar-refractivity contribution < 1.29 is 0 Å². The molecule has 0 nitrogen and oxygen atoms in total. The maximum absolute atomic E-state index is 3.84. The Morgan fingerprint density at radius 2 is 1.36 bits per heavy atom. The van der Waals surface area contributed by atoms with Gasteiger partial charge in [-0.05, 0) is 0 Å². The summed E-state index contributed by atoms with van der Waals surface area (Å²) >= 11 is -1.71. The summed E-state index contributed by atoms with van der Waals surface area (Å²) in [6.45, 7) is 12.4. The summed E-state index contributed by atoms with van der Waals surface area (Å²) < 4.78 is 5.52. The number of hydrogen-bond donors (Lipinski definition) is 0. The first-order chi connectivity index (χ1) is 5.24. The third kappa shape index (κ3) is 3.46. The van der Waals surface area contributed by atoms with Crippen LogP contribution in [0.25, 0.3) is 0 Å². The number of rotatable bonds is 6. The van der Waals surface area contributed by atoms with Crippen LogP contribution in [0.3, 0.4) is 0 Å². The molecular weight excluding hydrogens is 239 g/mol. The minimum absolute atomic E-state index is 1.33. The van der Waals surface area contributed by atoms with E-state index in [0.717, 1.165) is 0 Å². The van der Waals surface area contributed by atoms with E-state index in [1.807, 2.05) is 0 Å². The zero-order valence-electron chi connectivity index (χ0n) is 7.90. The molecule has 0 aliphatic carbocycles. The molecule has 0 saturated heterocycles. The van der Waals surface area contributed by atoms with Gasteiger partial charge in [-0.3, -0.25) is 0 Å². The van der Waals surface area contributed by atoms with Gasteiger partial charge in [0.25, 0.3) is 0 Å². The van der Waals surface area contributed by atoms with E-state index in [1.54, 1.807) is 0 Å². The second kappa shape index (κ2) is 5.87. The van der Waals surface area contributed by atoms with Gasteiger partial charge in [0.05, 0.1) is 0 Å². The summed E-state index contributed by atoms with van der Waals surface area (Å²) in [6.07, 6.45) is 4.24. The van der Waals surface area contributed by atoms with Gasteiger partial charge >= 0.3 is 75.3 Å². The van der Waals surface area contributed by atoms with Crippen LogP contribution in [-0.4, -0.2) is 18.4 Å². The van der Waals surface area contributed by atoms with Crippen molar-refractivity contribution in [1.29, 1.82) is 0 Å². The average molecular weight is 259 g/mol. The van der Waals surface area contributed by atoms with E-state index < -0.39 is 18.4 Å². The van der Waals surface area contributed by atoms with E-state index in [2.05, 4.69) is 39.2 Å². The third-order valence-electron chi connectivity index (χ3n) is 2.65. The normalized spacial score (nSPS) is 11.1. The van der Waals surface area contributed by atoms with E-state index in [1.165, 1.54) is 17.7 Å². The quantitative estimate of drug-likeness (QED) is 0.502. The fourth-order valence-corrected chi connectivity index (χ4v) is 10.2. The first kappa shape index (κ1) is 11.3. The van der Waals surface area contributed by atoms with E-state index in [9.17, 15) is 0 Å². The van der Waals surface area contributed by atoms with Gasteiger partial charge in [-0.1, -0.05) is 0 Å². The van der Waals surface area contributed by atoms with Crippen LogP contribution < -0.4 is 0 Å². The predicted octanol–water partition coefficient (Wildman–Crippen LogP) is 3.85.